The molecule has 5 N–H and O–H groups in total. The zero-order valence-corrected chi connectivity index (χ0v) is 20.4. The van der Waals surface area contributed by atoms with Crippen LogP contribution in [0.5, 0.6) is 11.5 Å². The molecular formula is C22H16N4O10S2. The summed E-state index contributed by atoms with van der Waals surface area (Å²) in [5, 5.41) is 42.4. The smallest absolute Gasteiger partial charge is 0.314 e. The van der Waals surface area contributed by atoms with E-state index in [1.54, 1.807) is 30.3 Å². The van der Waals surface area contributed by atoms with Crippen LogP contribution in [0.2, 0.25) is 0 Å². The van der Waals surface area contributed by atoms with Gasteiger partial charge < -0.3 is 15.5 Å². The fourth-order valence-corrected chi connectivity index (χ4v) is 4.64. The predicted molar refractivity (Wildman–Crippen MR) is 134 cm³/mol. The number of nitrogens with one attached hydrogen (secondary N) is 1. The molecule has 0 spiro atoms. The zero-order valence-electron chi connectivity index (χ0n) is 18.7. The summed E-state index contributed by atoms with van der Waals surface area (Å²) in [5.74, 6) is -1.92. The van der Waals surface area contributed by atoms with Crippen LogP contribution in [-0.4, -0.2) is 41.1 Å². The van der Waals surface area contributed by atoms with Crippen LogP contribution in [0.1, 0.15) is 0 Å². The van der Waals surface area contributed by atoms with Gasteiger partial charge in [-0.25, -0.2) is 0 Å². The number of phenols is 2. The van der Waals surface area contributed by atoms with Gasteiger partial charge in [0.15, 0.2) is 5.75 Å². The van der Waals surface area contributed by atoms with Crippen LogP contribution in [0, 0.1) is 10.1 Å². The minimum absolute atomic E-state index is 0.0758. The topological polar surface area (TPSA) is 229 Å². The summed E-state index contributed by atoms with van der Waals surface area (Å²) in [7, 11) is -10.0. The second kappa shape index (κ2) is 9.67. The van der Waals surface area contributed by atoms with E-state index >= 15 is 0 Å². The third-order valence-corrected chi connectivity index (χ3v) is 6.89. The number of hydrogen-bond acceptors (Lipinski definition) is 11. The lowest BCUT2D eigenvalue weighted by Gasteiger charge is -2.11. The van der Waals surface area contributed by atoms with E-state index in [4.69, 9.17) is 0 Å². The van der Waals surface area contributed by atoms with Crippen LogP contribution in [-0.2, 0) is 20.2 Å². The Morgan fingerprint density at radius 2 is 1.47 bits per heavy atom. The average Bonchev–Trinajstić information content (AvgIpc) is 2.83. The number of nitro groups is 1. The first-order valence-electron chi connectivity index (χ1n) is 10.3. The number of azo groups is 1. The van der Waals surface area contributed by atoms with E-state index in [2.05, 4.69) is 15.5 Å². The summed E-state index contributed by atoms with van der Waals surface area (Å²) in [5.41, 5.74) is -1.57. The second-order valence-electron chi connectivity index (χ2n) is 7.72. The van der Waals surface area contributed by atoms with Crippen molar-refractivity contribution >= 4 is 59.4 Å². The number of hydrogen-bond donors (Lipinski definition) is 5. The Hall–Kier alpha value is -4.64. The number of fused-ring (bicyclic) bond motifs is 1. The lowest BCUT2D eigenvalue weighted by Crippen LogP contribution is -2.00. The fraction of sp³-hybridized carbons (Fsp3) is 0. The van der Waals surface area contributed by atoms with Crippen molar-refractivity contribution in [3.8, 4) is 11.5 Å². The normalized spacial score (nSPS) is 12.2. The lowest BCUT2D eigenvalue weighted by molar-refractivity contribution is -0.386. The van der Waals surface area contributed by atoms with Crippen molar-refractivity contribution in [1.82, 2.24) is 0 Å². The Bertz CT molecular complexity index is 1840. The van der Waals surface area contributed by atoms with E-state index in [-0.39, 0.29) is 10.8 Å². The van der Waals surface area contributed by atoms with Crippen molar-refractivity contribution in [1.29, 1.82) is 0 Å². The maximum absolute atomic E-state index is 12.1. The van der Waals surface area contributed by atoms with Crippen LogP contribution in [0.25, 0.3) is 10.8 Å². The number of rotatable bonds is 7. The van der Waals surface area contributed by atoms with E-state index in [9.17, 15) is 46.3 Å². The van der Waals surface area contributed by atoms with Gasteiger partial charge in [0.25, 0.3) is 20.2 Å². The molecule has 0 unspecified atom stereocenters. The molecule has 4 aromatic rings. The number of nitro benzene ring substituents is 1. The Labute approximate surface area is 214 Å². The predicted octanol–water partition coefficient (Wildman–Crippen LogP) is 4.81. The Morgan fingerprint density at radius 3 is 2.08 bits per heavy atom. The lowest BCUT2D eigenvalue weighted by atomic mass is 10.1. The molecule has 0 fully saturated rings. The molecule has 0 aromatic heterocycles. The maximum atomic E-state index is 12.1. The molecule has 0 heterocycles. The van der Waals surface area contributed by atoms with E-state index < -0.39 is 63.5 Å². The van der Waals surface area contributed by atoms with Crippen molar-refractivity contribution in [2.24, 2.45) is 10.2 Å². The van der Waals surface area contributed by atoms with Gasteiger partial charge in [-0.05, 0) is 47.9 Å². The van der Waals surface area contributed by atoms with Crippen LogP contribution in [0.4, 0.5) is 28.4 Å². The Morgan fingerprint density at radius 1 is 0.789 bits per heavy atom. The zero-order chi connectivity index (χ0) is 27.8. The number of anilines is 2. The molecule has 0 atom stereocenters. The quantitative estimate of drug-likeness (QED) is 0.0890. The first-order chi connectivity index (χ1) is 17.8. The van der Waals surface area contributed by atoms with Crippen LogP contribution in [0.3, 0.4) is 0 Å². The Kier molecular flexibility index (Phi) is 6.73. The molecule has 0 aliphatic rings. The number of para-hydroxylation sites is 1. The van der Waals surface area contributed by atoms with E-state index in [0.717, 1.165) is 11.8 Å². The van der Waals surface area contributed by atoms with Gasteiger partial charge in [-0.15, -0.1) is 10.2 Å². The summed E-state index contributed by atoms with van der Waals surface area (Å²) in [6, 6.07) is 15.3. The fourth-order valence-electron chi connectivity index (χ4n) is 3.46. The summed E-state index contributed by atoms with van der Waals surface area (Å²) in [6.45, 7) is 0. The molecule has 196 valence electrons. The molecule has 4 aromatic carbocycles. The van der Waals surface area contributed by atoms with Gasteiger partial charge in [-0.3, -0.25) is 19.2 Å². The molecule has 16 heteroatoms. The van der Waals surface area contributed by atoms with E-state index in [1.807, 2.05) is 6.07 Å². The second-order valence-corrected chi connectivity index (χ2v) is 10.5. The summed E-state index contributed by atoms with van der Waals surface area (Å²) < 4.78 is 66.2. The van der Waals surface area contributed by atoms with Crippen molar-refractivity contribution in [2.45, 2.75) is 9.79 Å². The molecule has 0 amide bonds. The molecule has 4 rings (SSSR count). The molecule has 0 saturated heterocycles. The van der Waals surface area contributed by atoms with Gasteiger partial charge in [0.05, 0.1) is 4.92 Å². The summed E-state index contributed by atoms with van der Waals surface area (Å²) in [6.07, 6.45) is 0. The van der Waals surface area contributed by atoms with Gasteiger partial charge in [0.1, 0.15) is 21.2 Å². The summed E-state index contributed by atoms with van der Waals surface area (Å²) >= 11 is 0. The molecule has 0 aliphatic carbocycles. The van der Waals surface area contributed by atoms with Gasteiger partial charge in [-0.2, -0.15) is 16.8 Å². The number of phenolic OH excluding ortho intramolecular Hbond substituents is 2. The SMILES string of the molecule is O=[N+]([O-])c1cc(S(=O)(=O)O)cc(N=Nc2c(S(=O)(=O)O)cc3cc(Nc4ccccc4)ccc3c2O)c1O. The molecule has 38 heavy (non-hydrogen) atoms. The maximum Gasteiger partial charge on any atom is 0.314 e. The monoisotopic (exact) mass is 560 g/mol. The third-order valence-electron chi connectivity index (χ3n) is 5.19. The number of benzene rings is 4. The highest BCUT2D eigenvalue weighted by atomic mass is 32.2. The van der Waals surface area contributed by atoms with E-state index in [1.165, 1.54) is 12.1 Å². The molecule has 14 nitrogen and oxygen atoms in total. The van der Waals surface area contributed by atoms with Crippen LogP contribution < -0.4 is 5.32 Å². The van der Waals surface area contributed by atoms with Crippen molar-refractivity contribution in [3.05, 3.63) is 76.8 Å². The minimum Gasteiger partial charge on any atom is -0.505 e. The van der Waals surface area contributed by atoms with Crippen molar-refractivity contribution in [2.75, 3.05) is 5.32 Å². The van der Waals surface area contributed by atoms with Crippen LogP contribution >= 0.6 is 0 Å². The van der Waals surface area contributed by atoms with Crippen molar-refractivity contribution < 1.29 is 41.1 Å². The molecule has 0 saturated carbocycles. The molecule has 0 radical (unpaired) electrons. The highest BCUT2D eigenvalue weighted by molar-refractivity contribution is 7.86. The standard InChI is InChI=1S/C22H16N4O10S2/c27-21-16-7-6-14(23-13-4-2-1-3-5-13)8-12(16)9-19(38(34,35)36)20(21)25-24-17-10-15(37(31,32)33)11-18(22(17)28)26(29)30/h1-11,23,27-28H,(H,31,32,33)(H,34,35,36). The van der Waals surface area contributed by atoms with Crippen molar-refractivity contribution in [3.63, 3.8) is 0 Å². The van der Waals surface area contributed by atoms with Gasteiger partial charge in [0, 0.05) is 22.8 Å². The largest absolute Gasteiger partial charge is 0.505 e. The minimum atomic E-state index is -5.03. The molecular weight excluding hydrogens is 544 g/mol. The average molecular weight is 561 g/mol. The van der Waals surface area contributed by atoms with Crippen LogP contribution in [0.15, 0.2) is 86.7 Å². The highest BCUT2D eigenvalue weighted by Crippen LogP contribution is 2.44. The number of aromatic hydroxyl groups is 2. The molecule has 0 bridgehead atoms. The first-order valence-corrected chi connectivity index (χ1v) is 13.1. The van der Waals surface area contributed by atoms with Gasteiger partial charge in [-0.1, -0.05) is 18.2 Å². The number of nitrogens with zero attached hydrogens (tertiary/aromatic N) is 3. The van der Waals surface area contributed by atoms with E-state index in [0.29, 0.717) is 17.8 Å². The summed E-state index contributed by atoms with van der Waals surface area (Å²) in [4.78, 5) is 8.14. The van der Waals surface area contributed by atoms with Gasteiger partial charge in [0.2, 0.25) is 5.75 Å². The Balaban J connectivity index is 1.88. The highest BCUT2D eigenvalue weighted by Gasteiger charge is 2.26. The third kappa shape index (κ3) is 5.37. The molecule has 0 aliphatic heterocycles. The van der Waals surface area contributed by atoms with Gasteiger partial charge >= 0.3 is 5.69 Å². The first kappa shape index (κ1) is 26.4.